The van der Waals surface area contributed by atoms with Crippen molar-refractivity contribution in [1.29, 1.82) is 0 Å². The first-order valence-corrected chi connectivity index (χ1v) is 13.5. The molecule has 0 spiro atoms. The minimum absolute atomic E-state index is 0.227. The van der Waals surface area contributed by atoms with E-state index in [1.54, 1.807) is 16.7 Å². The van der Waals surface area contributed by atoms with Gasteiger partial charge in [0.25, 0.3) is 11.5 Å². The van der Waals surface area contributed by atoms with Crippen LogP contribution in [0.4, 0.5) is 5.69 Å². The first kappa shape index (κ1) is 25.6. The van der Waals surface area contributed by atoms with Crippen molar-refractivity contribution < 1.29 is 9.53 Å². The van der Waals surface area contributed by atoms with Crippen LogP contribution >= 0.6 is 27.3 Å². The zero-order chi connectivity index (χ0) is 26.6. The van der Waals surface area contributed by atoms with Gasteiger partial charge in [0.15, 0.2) is 4.80 Å². The molecule has 0 saturated carbocycles. The molecule has 1 aromatic heterocycles. The summed E-state index contributed by atoms with van der Waals surface area (Å²) in [5.74, 6) is 0.338. The third-order valence-corrected chi connectivity index (χ3v) is 7.50. The fourth-order valence-corrected chi connectivity index (χ4v) is 5.75. The summed E-state index contributed by atoms with van der Waals surface area (Å²) >= 11 is 4.79. The number of hydrogen-bond donors (Lipinski definition) is 1. The summed E-state index contributed by atoms with van der Waals surface area (Å²) < 4.78 is 8.77. The summed E-state index contributed by atoms with van der Waals surface area (Å²) in [5.41, 5.74) is 3.01. The SMILES string of the molecule is C=CCOc1ccc(Br)cc1/C=c1\sc2n(c1=O)[C@@H](c1ccccc1)C(C(=O)Nc1ccccc1)=C(C)N=2. The maximum Gasteiger partial charge on any atom is 0.271 e. The van der Waals surface area contributed by atoms with Crippen LogP contribution < -0.4 is 24.9 Å². The van der Waals surface area contributed by atoms with E-state index in [0.29, 0.717) is 38.6 Å². The summed E-state index contributed by atoms with van der Waals surface area (Å²) in [7, 11) is 0. The Kier molecular flexibility index (Phi) is 7.53. The molecule has 0 unspecified atom stereocenters. The molecule has 0 aliphatic carbocycles. The second-order valence-electron chi connectivity index (χ2n) is 8.59. The van der Waals surface area contributed by atoms with E-state index in [1.807, 2.05) is 85.8 Å². The van der Waals surface area contributed by atoms with Crippen LogP contribution in [0.25, 0.3) is 6.08 Å². The maximum absolute atomic E-state index is 13.9. The lowest BCUT2D eigenvalue weighted by atomic mass is 9.95. The molecule has 8 heteroatoms. The van der Waals surface area contributed by atoms with Crippen molar-refractivity contribution in [3.8, 4) is 5.75 Å². The van der Waals surface area contributed by atoms with Crippen LogP contribution in [-0.2, 0) is 4.79 Å². The smallest absolute Gasteiger partial charge is 0.271 e. The van der Waals surface area contributed by atoms with E-state index in [9.17, 15) is 9.59 Å². The summed E-state index contributed by atoms with van der Waals surface area (Å²) in [6.45, 7) is 5.86. The van der Waals surface area contributed by atoms with Crippen molar-refractivity contribution in [3.63, 3.8) is 0 Å². The Bertz CT molecular complexity index is 1720. The Balaban J connectivity index is 1.66. The van der Waals surface area contributed by atoms with Crippen molar-refractivity contribution >= 4 is 44.9 Å². The third-order valence-electron chi connectivity index (χ3n) is 6.03. The number of nitrogens with zero attached hydrogens (tertiary/aromatic N) is 2. The maximum atomic E-state index is 13.9. The molecule has 1 aliphatic heterocycles. The zero-order valence-corrected chi connectivity index (χ0v) is 23.0. The molecule has 4 aromatic rings. The summed E-state index contributed by atoms with van der Waals surface area (Å²) in [4.78, 5) is 32.7. The average molecular weight is 587 g/mol. The molecule has 1 N–H and O–H groups in total. The second kappa shape index (κ2) is 11.2. The Labute approximate surface area is 232 Å². The second-order valence-corrected chi connectivity index (χ2v) is 10.5. The Morgan fingerprint density at radius 1 is 1.13 bits per heavy atom. The standard InChI is InChI=1S/C30H24BrN3O3S/c1-3-16-37-24-15-14-22(31)17-21(24)18-25-29(36)34-27(20-10-6-4-7-11-20)26(19(2)32-30(34)38-25)28(35)33-23-12-8-5-9-13-23/h3-15,17-18,27H,1,16H2,2H3,(H,33,35)/b25-18-/t27-/m0/s1. The number of aromatic nitrogens is 1. The van der Waals surface area contributed by atoms with Gasteiger partial charge in [-0.25, -0.2) is 4.99 Å². The number of fused-ring (bicyclic) bond motifs is 1. The van der Waals surface area contributed by atoms with E-state index >= 15 is 0 Å². The molecule has 0 saturated heterocycles. The Morgan fingerprint density at radius 2 is 1.84 bits per heavy atom. The van der Waals surface area contributed by atoms with E-state index in [1.165, 1.54) is 11.3 Å². The summed E-state index contributed by atoms with van der Waals surface area (Å²) in [6.07, 6.45) is 3.47. The number of rotatable bonds is 7. The van der Waals surface area contributed by atoms with Gasteiger partial charge in [0, 0.05) is 15.7 Å². The van der Waals surface area contributed by atoms with Crippen molar-refractivity contribution in [2.24, 2.45) is 4.99 Å². The molecule has 0 fully saturated rings. The lowest BCUT2D eigenvalue weighted by molar-refractivity contribution is -0.113. The number of hydrogen-bond acceptors (Lipinski definition) is 5. The molecule has 1 atom stereocenters. The Morgan fingerprint density at radius 3 is 2.55 bits per heavy atom. The van der Waals surface area contributed by atoms with Gasteiger partial charge < -0.3 is 10.1 Å². The van der Waals surface area contributed by atoms with E-state index in [4.69, 9.17) is 9.73 Å². The lowest BCUT2D eigenvalue weighted by Crippen LogP contribution is -2.40. The van der Waals surface area contributed by atoms with Gasteiger partial charge in [-0.2, -0.15) is 0 Å². The minimum Gasteiger partial charge on any atom is -0.489 e. The normalized spacial score (nSPS) is 15.0. The highest BCUT2D eigenvalue weighted by atomic mass is 79.9. The molecule has 6 nitrogen and oxygen atoms in total. The van der Waals surface area contributed by atoms with E-state index in [-0.39, 0.29) is 11.5 Å². The number of amides is 1. The number of nitrogens with one attached hydrogen (secondary N) is 1. The van der Waals surface area contributed by atoms with Crippen molar-refractivity contribution in [1.82, 2.24) is 4.57 Å². The van der Waals surface area contributed by atoms with Gasteiger partial charge in [0.1, 0.15) is 12.4 Å². The number of benzene rings is 3. The van der Waals surface area contributed by atoms with Crippen LogP contribution in [0.15, 0.2) is 117 Å². The number of halogens is 1. The molecule has 2 heterocycles. The third kappa shape index (κ3) is 5.18. The van der Waals surface area contributed by atoms with E-state index in [2.05, 4.69) is 27.8 Å². The number of para-hydroxylation sites is 1. The van der Waals surface area contributed by atoms with E-state index in [0.717, 1.165) is 15.6 Å². The first-order valence-electron chi connectivity index (χ1n) is 11.9. The van der Waals surface area contributed by atoms with Gasteiger partial charge in [-0.1, -0.05) is 88.5 Å². The fourth-order valence-electron chi connectivity index (χ4n) is 4.34. The van der Waals surface area contributed by atoms with Gasteiger partial charge in [0.05, 0.1) is 21.8 Å². The van der Waals surface area contributed by atoms with Crippen LogP contribution in [0.5, 0.6) is 5.75 Å². The topological polar surface area (TPSA) is 72.7 Å². The molecular formula is C30H24BrN3O3S. The van der Waals surface area contributed by atoms with Crippen molar-refractivity contribution in [2.75, 3.05) is 11.9 Å². The van der Waals surface area contributed by atoms with Crippen LogP contribution in [0.1, 0.15) is 24.1 Å². The van der Waals surface area contributed by atoms with Crippen LogP contribution in [0, 0.1) is 0 Å². The molecule has 38 heavy (non-hydrogen) atoms. The average Bonchev–Trinajstić information content (AvgIpc) is 3.22. The quantitative estimate of drug-likeness (QED) is 0.303. The number of allylic oxidation sites excluding steroid dienone is 1. The first-order chi connectivity index (χ1) is 18.5. The number of carbonyl (C=O) groups is 1. The molecule has 3 aromatic carbocycles. The molecular weight excluding hydrogens is 562 g/mol. The van der Waals surface area contributed by atoms with Crippen LogP contribution in [0.2, 0.25) is 0 Å². The van der Waals surface area contributed by atoms with Gasteiger partial charge >= 0.3 is 0 Å². The number of ether oxygens (including phenoxy) is 1. The molecule has 190 valence electrons. The molecule has 5 rings (SSSR count). The largest absolute Gasteiger partial charge is 0.489 e. The van der Waals surface area contributed by atoms with Gasteiger partial charge in [-0.3, -0.25) is 14.2 Å². The molecule has 1 amide bonds. The lowest BCUT2D eigenvalue weighted by Gasteiger charge is -2.25. The van der Waals surface area contributed by atoms with Gasteiger partial charge in [-0.05, 0) is 48.9 Å². The van der Waals surface area contributed by atoms with Crippen LogP contribution in [-0.4, -0.2) is 17.1 Å². The Hall–Kier alpha value is -4.01. The van der Waals surface area contributed by atoms with E-state index < -0.39 is 6.04 Å². The highest BCUT2D eigenvalue weighted by molar-refractivity contribution is 9.10. The number of anilines is 1. The molecule has 1 aliphatic rings. The van der Waals surface area contributed by atoms with Gasteiger partial charge in [-0.15, -0.1) is 0 Å². The predicted octanol–water partition coefficient (Wildman–Crippen LogP) is 5.20. The summed E-state index contributed by atoms with van der Waals surface area (Å²) in [6, 6.07) is 23.8. The molecule has 0 bridgehead atoms. The van der Waals surface area contributed by atoms with Crippen LogP contribution in [0.3, 0.4) is 0 Å². The van der Waals surface area contributed by atoms with Crippen molar-refractivity contribution in [2.45, 2.75) is 13.0 Å². The fraction of sp³-hybridized carbons (Fsp3) is 0.100. The highest BCUT2D eigenvalue weighted by Gasteiger charge is 2.32. The zero-order valence-electron chi connectivity index (χ0n) is 20.6. The van der Waals surface area contributed by atoms with Gasteiger partial charge in [0.2, 0.25) is 0 Å². The predicted molar refractivity (Wildman–Crippen MR) is 155 cm³/mol. The summed E-state index contributed by atoms with van der Waals surface area (Å²) in [5, 5.41) is 2.97. The van der Waals surface area contributed by atoms with Crippen molar-refractivity contribution in [3.05, 3.63) is 138 Å². The number of thiazole rings is 1. The monoisotopic (exact) mass is 585 g/mol. The number of carbonyl (C=O) groups excluding carboxylic acids is 1. The minimum atomic E-state index is -0.627. The molecule has 0 radical (unpaired) electrons. The highest BCUT2D eigenvalue weighted by Crippen LogP contribution is 2.31.